The zero-order valence-corrected chi connectivity index (χ0v) is 17.5. The molecule has 0 amide bonds. The molecule has 1 aromatic rings. The monoisotopic (exact) mass is 405 g/mol. The van der Waals surface area contributed by atoms with E-state index in [9.17, 15) is 5.21 Å². The van der Waals surface area contributed by atoms with E-state index < -0.39 is 30.0 Å². The highest BCUT2D eigenvalue weighted by Crippen LogP contribution is 2.44. The third-order valence-corrected chi connectivity index (χ3v) is 5.62. The molecule has 6 atom stereocenters. The molecule has 29 heavy (non-hydrogen) atoms. The quantitative estimate of drug-likeness (QED) is 0.575. The maximum Gasteiger partial charge on any atom is 0.164 e. The number of hydrogen-bond donors (Lipinski definition) is 1. The lowest BCUT2D eigenvalue weighted by Crippen LogP contribution is -2.44. The molecule has 0 saturated carbocycles. The lowest BCUT2D eigenvalue weighted by molar-refractivity contribution is -0.284. The summed E-state index contributed by atoms with van der Waals surface area (Å²) < 4.78 is 30.3. The van der Waals surface area contributed by atoms with Crippen molar-refractivity contribution in [1.29, 1.82) is 0 Å². The fraction of sp³-hybridized carbons (Fsp3) is 0.636. The van der Waals surface area contributed by atoms with Crippen LogP contribution in [0.3, 0.4) is 0 Å². The average Bonchev–Trinajstić information content (AvgIpc) is 3.29. The Hall–Kier alpha value is -1.32. The van der Waals surface area contributed by atoms with Gasteiger partial charge in [-0.3, -0.25) is 0 Å². The second kappa shape index (κ2) is 7.74. The van der Waals surface area contributed by atoms with Crippen LogP contribution in [0, 0.1) is 0 Å². The molecular weight excluding hydrogens is 374 g/mol. The summed E-state index contributed by atoms with van der Waals surface area (Å²) in [7, 11) is 0. The van der Waals surface area contributed by atoms with Crippen molar-refractivity contribution in [1.82, 2.24) is 5.06 Å². The van der Waals surface area contributed by atoms with E-state index in [1.165, 1.54) is 5.06 Å². The van der Waals surface area contributed by atoms with Gasteiger partial charge in [-0.25, -0.2) is 0 Å². The minimum absolute atomic E-state index is 0.303. The van der Waals surface area contributed by atoms with Crippen molar-refractivity contribution in [2.75, 3.05) is 6.61 Å². The summed E-state index contributed by atoms with van der Waals surface area (Å²) in [5.74, 6) is -1.45. The number of hydrogen-bond acceptors (Lipinski definition) is 7. The first-order chi connectivity index (χ1) is 13.7. The normalized spacial score (nSPS) is 36.3. The van der Waals surface area contributed by atoms with Crippen molar-refractivity contribution in [3.8, 4) is 0 Å². The predicted octanol–water partition coefficient (Wildman–Crippen LogP) is 3.39. The Bertz CT molecular complexity index is 723. The molecule has 0 aliphatic carbocycles. The fourth-order valence-corrected chi connectivity index (χ4v) is 4.40. The summed E-state index contributed by atoms with van der Waals surface area (Å²) in [6.07, 6.45) is 0.103. The summed E-state index contributed by atoms with van der Waals surface area (Å²) in [4.78, 5) is 0. The second-order valence-electron chi connectivity index (χ2n) is 8.75. The first-order valence-electron chi connectivity index (χ1n) is 10.2. The Morgan fingerprint density at radius 3 is 2.38 bits per heavy atom. The van der Waals surface area contributed by atoms with Gasteiger partial charge in [-0.05, 0) is 39.7 Å². The van der Waals surface area contributed by atoms with Crippen LogP contribution in [0.2, 0.25) is 0 Å². The molecule has 3 aliphatic heterocycles. The number of nitrogens with zero attached hydrogens (tertiary/aromatic N) is 1. The van der Waals surface area contributed by atoms with Crippen LogP contribution in [0.1, 0.15) is 45.7 Å². The Kier molecular flexibility index (Phi) is 5.59. The predicted molar refractivity (Wildman–Crippen MR) is 105 cm³/mol. The Balaban J connectivity index is 1.59. The van der Waals surface area contributed by atoms with Crippen molar-refractivity contribution in [3.63, 3.8) is 0 Å². The van der Waals surface area contributed by atoms with Gasteiger partial charge in [-0.15, -0.1) is 6.58 Å². The molecule has 1 aromatic carbocycles. The van der Waals surface area contributed by atoms with E-state index in [0.717, 1.165) is 5.56 Å². The van der Waals surface area contributed by atoms with Crippen molar-refractivity contribution < 1.29 is 28.9 Å². The molecule has 0 aromatic heterocycles. The van der Waals surface area contributed by atoms with Crippen LogP contribution in [-0.2, 0) is 23.7 Å². The van der Waals surface area contributed by atoms with Gasteiger partial charge in [0.25, 0.3) is 0 Å². The van der Waals surface area contributed by atoms with E-state index in [0.29, 0.717) is 13.0 Å². The Morgan fingerprint density at radius 2 is 1.76 bits per heavy atom. The standard InChI is InChI=1S/C22H31NO6/c1-6-10-15(14-11-8-7-9-12-14)23(24)20-19-18(28-22(4,5)29-19)17(26-20)16-13-25-21(2,3)27-16/h6-9,11-12,15-20,24H,1,10,13H2,2-5H3/t15-,16-,17-,18+,19+,20+/m1/s1. The lowest BCUT2D eigenvalue weighted by Gasteiger charge is -2.33. The van der Waals surface area contributed by atoms with Crippen LogP contribution < -0.4 is 0 Å². The summed E-state index contributed by atoms with van der Waals surface area (Å²) in [6, 6.07) is 9.49. The largest absolute Gasteiger partial charge is 0.349 e. The van der Waals surface area contributed by atoms with E-state index in [2.05, 4.69) is 6.58 Å². The zero-order valence-electron chi connectivity index (χ0n) is 17.5. The molecule has 7 heteroatoms. The molecule has 3 aliphatic rings. The summed E-state index contributed by atoms with van der Waals surface area (Å²) in [5.41, 5.74) is 0.971. The van der Waals surface area contributed by atoms with Crippen molar-refractivity contribution >= 4 is 0 Å². The van der Waals surface area contributed by atoms with E-state index in [1.807, 2.05) is 58.0 Å². The van der Waals surface area contributed by atoms with Gasteiger partial charge >= 0.3 is 0 Å². The Labute approximate surface area is 172 Å². The van der Waals surface area contributed by atoms with Crippen molar-refractivity contribution in [2.24, 2.45) is 0 Å². The van der Waals surface area contributed by atoms with Crippen molar-refractivity contribution in [2.45, 2.75) is 82.4 Å². The zero-order chi connectivity index (χ0) is 20.8. The molecule has 160 valence electrons. The second-order valence-corrected chi connectivity index (χ2v) is 8.75. The smallest absolute Gasteiger partial charge is 0.164 e. The first-order valence-corrected chi connectivity index (χ1v) is 10.2. The molecule has 1 N–H and O–H groups in total. The molecule has 4 rings (SSSR count). The highest BCUT2D eigenvalue weighted by Gasteiger charge is 2.60. The molecule has 3 fully saturated rings. The molecule has 3 saturated heterocycles. The molecule has 0 spiro atoms. The maximum absolute atomic E-state index is 11.2. The maximum atomic E-state index is 11.2. The molecule has 3 heterocycles. The minimum Gasteiger partial charge on any atom is -0.349 e. The molecule has 0 unspecified atom stereocenters. The van der Waals surface area contributed by atoms with E-state index in [1.54, 1.807) is 6.08 Å². The van der Waals surface area contributed by atoms with Gasteiger partial charge < -0.3 is 28.9 Å². The lowest BCUT2D eigenvalue weighted by atomic mass is 10.0. The van der Waals surface area contributed by atoms with Gasteiger partial charge in [0.15, 0.2) is 17.8 Å². The minimum atomic E-state index is -0.772. The van der Waals surface area contributed by atoms with Gasteiger partial charge in [0, 0.05) is 0 Å². The van der Waals surface area contributed by atoms with Crippen LogP contribution in [0.15, 0.2) is 43.0 Å². The first kappa shape index (κ1) is 20.9. The molecule has 0 radical (unpaired) electrons. The van der Waals surface area contributed by atoms with Gasteiger partial charge in [0.2, 0.25) is 0 Å². The average molecular weight is 405 g/mol. The third-order valence-electron chi connectivity index (χ3n) is 5.62. The highest BCUT2D eigenvalue weighted by molar-refractivity contribution is 5.20. The number of benzene rings is 1. The number of fused-ring (bicyclic) bond motifs is 1. The number of rotatable bonds is 6. The van der Waals surface area contributed by atoms with Crippen LogP contribution in [0.4, 0.5) is 0 Å². The SMILES string of the molecule is C=CC[C@H](c1ccccc1)N(O)[C@H]1O[C@H]([C@H]2COC(C)(C)O2)[C@@H]2OC(C)(C)O[C@@H]21. The van der Waals surface area contributed by atoms with E-state index in [-0.39, 0.29) is 18.2 Å². The topological polar surface area (TPSA) is 69.6 Å². The summed E-state index contributed by atoms with van der Waals surface area (Å²) in [5, 5.41) is 12.5. The van der Waals surface area contributed by atoms with E-state index in [4.69, 9.17) is 23.7 Å². The third kappa shape index (κ3) is 4.14. The van der Waals surface area contributed by atoms with E-state index >= 15 is 0 Å². The van der Waals surface area contributed by atoms with Crippen LogP contribution in [0.25, 0.3) is 0 Å². The van der Waals surface area contributed by atoms with Gasteiger partial charge in [0.05, 0.1) is 12.6 Å². The Morgan fingerprint density at radius 1 is 1.07 bits per heavy atom. The number of hydroxylamine groups is 2. The molecule has 7 nitrogen and oxygen atoms in total. The van der Waals surface area contributed by atoms with Crippen LogP contribution in [0.5, 0.6) is 0 Å². The van der Waals surface area contributed by atoms with Crippen LogP contribution in [-0.4, -0.2) is 59.1 Å². The fourth-order valence-electron chi connectivity index (χ4n) is 4.40. The van der Waals surface area contributed by atoms with Crippen LogP contribution >= 0.6 is 0 Å². The highest BCUT2D eigenvalue weighted by atomic mass is 16.8. The molecule has 0 bridgehead atoms. The van der Waals surface area contributed by atoms with Crippen molar-refractivity contribution in [3.05, 3.63) is 48.6 Å². The summed E-state index contributed by atoms with van der Waals surface area (Å²) in [6.45, 7) is 11.7. The van der Waals surface area contributed by atoms with Gasteiger partial charge in [0.1, 0.15) is 24.4 Å². The van der Waals surface area contributed by atoms with Gasteiger partial charge in [-0.2, -0.15) is 5.06 Å². The summed E-state index contributed by atoms with van der Waals surface area (Å²) >= 11 is 0. The molecular formula is C22H31NO6. The number of ether oxygens (including phenoxy) is 5. The van der Waals surface area contributed by atoms with Gasteiger partial charge in [-0.1, -0.05) is 36.4 Å².